The van der Waals surface area contributed by atoms with Crippen LogP contribution in [0.15, 0.2) is 4.52 Å². The van der Waals surface area contributed by atoms with Crippen molar-refractivity contribution in [1.29, 1.82) is 0 Å². The van der Waals surface area contributed by atoms with Crippen LogP contribution in [0.5, 0.6) is 0 Å². The van der Waals surface area contributed by atoms with Gasteiger partial charge in [0.15, 0.2) is 5.82 Å². The predicted octanol–water partition coefficient (Wildman–Crippen LogP) is 2.43. The summed E-state index contributed by atoms with van der Waals surface area (Å²) in [5.74, 6) is 2.84. The van der Waals surface area contributed by atoms with Crippen LogP contribution >= 0.6 is 0 Å². The van der Waals surface area contributed by atoms with Gasteiger partial charge in [-0.1, -0.05) is 12.1 Å². The van der Waals surface area contributed by atoms with Crippen LogP contribution in [0.4, 0.5) is 0 Å². The maximum absolute atomic E-state index is 5.90. The molecule has 1 aromatic heterocycles. The van der Waals surface area contributed by atoms with Crippen LogP contribution in [-0.2, 0) is 11.2 Å². The van der Waals surface area contributed by atoms with E-state index < -0.39 is 0 Å². The molecule has 2 aliphatic heterocycles. The molecular weight excluding hydrogens is 266 g/mol. The minimum absolute atomic E-state index is 0.331. The van der Waals surface area contributed by atoms with Crippen LogP contribution in [0, 0.1) is 5.92 Å². The summed E-state index contributed by atoms with van der Waals surface area (Å²) >= 11 is 0. The molecule has 2 bridgehead atoms. The first-order valence-electron chi connectivity index (χ1n) is 8.54. The summed E-state index contributed by atoms with van der Waals surface area (Å²) in [5, 5.41) is 7.87. The molecule has 3 aliphatic rings. The Balaban J connectivity index is 1.39. The average Bonchev–Trinajstić information content (AvgIpc) is 2.93. The number of hydrogen-bond donors (Lipinski definition) is 1. The molecule has 0 amide bonds. The fraction of sp³-hybridized carbons (Fsp3) is 0.875. The molecule has 1 aliphatic carbocycles. The van der Waals surface area contributed by atoms with Crippen molar-refractivity contribution < 1.29 is 9.26 Å². The summed E-state index contributed by atoms with van der Waals surface area (Å²) in [6.45, 7) is 3.28. The summed E-state index contributed by atoms with van der Waals surface area (Å²) < 4.78 is 11.4. The fourth-order valence-corrected chi connectivity index (χ4v) is 3.83. The third kappa shape index (κ3) is 2.86. The summed E-state index contributed by atoms with van der Waals surface area (Å²) in [6, 6.07) is 0.509. The van der Waals surface area contributed by atoms with Crippen molar-refractivity contribution in [2.75, 3.05) is 6.54 Å². The zero-order valence-electron chi connectivity index (χ0n) is 12.8. The van der Waals surface area contributed by atoms with E-state index in [4.69, 9.17) is 9.26 Å². The van der Waals surface area contributed by atoms with Crippen molar-refractivity contribution in [1.82, 2.24) is 15.5 Å². The lowest BCUT2D eigenvalue weighted by molar-refractivity contribution is 0.0996. The smallest absolute Gasteiger partial charge is 0.228 e. The van der Waals surface area contributed by atoms with Crippen LogP contribution in [0.25, 0.3) is 0 Å². The molecule has 5 heteroatoms. The van der Waals surface area contributed by atoms with Gasteiger partial charge in [0.2, 0.25) is 5.89 Å². The molecule has 1 aromatic rings. The van der Waals surface area contributed by atoms with Crippen LogP contribution in [0.1, 0.15) is 63.1 Å². The van der Waals surface area contributed by atoms with Gasteiger partial charge in [-0.15, -0.1) is 0 Å². The van der Waals surface area contributed by atoms with Crippen LogP contribution < -0.4 is 5.32 Å². The van der Waals surface area contributed by atoms with Crippen molar-refractivity contribution in [3.8, 4) is 0 Å². The lowest BCUT2D eigenvalue weighted by atomic mass is 9.89. The number of hydrogen-bond acceptors (Lipinski definition) is 5. The van der Waals surface area contributed by atoms with E-state index >= 15 is 0 Å². The average molecular weight is 291 g/mol. The van der Waals surface area contributed by atoms with Gasteiger partial charge in [0.05, 0.1) is 18.1 Å². The molecule has 4 atom stereocenters. The Morgan fingerprint density at radius 1 is 1.29 bits per heavy atom. The third-order valence-corrected chi connectivity index (χ3v) is 5.16. The van der Waals surface area contributed by atoms with Crippen LogP contribution in [-0.4, -0.2) is 34.9 Å². The molecule has 5 nitrogen and oxygen atoms in total. The summed E-state index contributed by atoms with van der Waals surface area (Å²) in [6.07, 6.45) is 8.92. The number of rotatable bonds is 7. The van der Waals surface area contributed by atoms with Gasteiger partial charge in [-0.2, -0.15) is 4.98 Å². The number of nitrogens with one attached hydrogen (secondary N) is 1. The topological polar surface area (TPSA) is 60.2 Å². The van der Waals surface area contributed by atoms with Gasteiger partial charge in [-0.3, -0.25) is 0 Å². The van der Waals surface area contributed by atoms with Crippen molar-refractivity contribution in [3.63, 3.8) is 0 Å². The van der Waals surface area contributed by atoms with Gasteiger partial charge in [0.25, 0.3) is 0 Å². The standard InChI is InChI=1S/C16H25N3O2/c1-2-7-17-13(10-3-4-10)9-15-18-16(19-21-15)12-8-11-5-6-14(12)20-11/h10-14,17H,2-9H2,1H3. The van der Waals surface area contributed by atoms with E-state index in [0.717, 1.165) is 43.4 Å². The normalized spacial score (nSPS) is 32.7. The van der Waals surface area contributed by atoms with Gasteiger partial charge < -0.3 is 14.6 Å². The molecule has 2 saturated heterocycles. The lowest BCUT2D eigenvalue weighted by Gasteiger charge is -2.15. The minimum Gasteiger partial charge on any atom is -0.374 e. The van der Waals surface area contributed by atoms with Crippen molar-refractivity contribution >= 4 is 0 Å². The van der Waals surface area contributed by atoms with E-state index in [0.29, 0.717) is 24.2 Å². The molecule has 3 fully saturated rings. The molecule has 4 rings (SSSR count). The Morgan fingerprint density at radius 2 is 2.19 bits per heavy atom. The van der Waals surface area contributed by atoms with E-state index in [1.54, 1.807) is 0 Å². The molecule has 116 valence electrons. The molecule has 0 aromatic carbocycles. The lowest BCUT2D eigenvalue weighted by Crippen LogP contribution is -2.33. The molecule has 0 radical (unpaired) electrons. The second kappa shape index (κ2) is 5.69. The zero-order chi connectivity index (χ0) is 14.2. The molecular formula is C16H25N3O2. The molecule has 4 unspecified atom stereocenters. The number of fused-ring (bicyclic) bond motifs is 2. The maximum atomic E-state index is 5.90. The van der Waals surface area contributed by atoms with Gasteiger partial charge in [0, 0.05) is 12.5 Å². The Labute approximate surface area is 125 Å². The summed E-state index contributed by atoms with van der Waals surface area (Å²) in [7, 11) is 0. The van der Waals surface area contributed by atoms with E-state index in [2.05, 4.69) is 22.4 Å². The largest absolute Gasteiger partial charge is 0.374 e. The number of ether oxygens (including phenoxy) is 1. The van der Waals surface area contributed by atoms with Crippen LogP contribution in [0.2, 0.25) is 0 Å². The van der Waals surface area contributed by atoms with Gasteiger partial charge >= 0.3 is 0 Å². The van der Waals surface area contributed by atoms with Crippen molar-refractivity contribution in [3.05, 3.63) is 11.7 Å². The zero-order valence-corrected chi connectivity index (χ0v) is 12.8. The SMILES string of the molecule is CCCNC(Cc1nc(C2CC3CCC2O3)no1)C1CC1. The molecule has 21 heavy (non-hydrogen) atoms. The Morgan fingerprint density at radius 3 is 2.86 bits per heavy atom. The highest BCUT2D eigenvalue weighted by atomic mass is 16.5. The van der Waals surface area contributed by atoms with Gasteiger partial charge in [-0.05, 0) is 51.0 Å². The van der Waals surface area contributed by atoms with E-state index in [1.807, 2.05) is 0 Å². The Hall–Kier alpha value is -0.940. The molecule has 1 N–H and O–H groups in total. The molecule has 3 heterocycles. The number of nitrogens with zero attached hydrogens (tertiary/aromatic N) is 2. The summed E-state index contributed by atoms with van der Waals surface area (Å²) in [4.78, 5) is 4.67. The van der Waals surface area contributed by atoms with E-state index in [9.17, 15) is 0 Å². The first-order valence-corrected chi connectivity index (χ1v) is 8.54. The highest BCUT2D eigenvalue weighted by Crippen LogP contribution is 2.43. The second-order valence-electron chi connectivity index (χ2n) is 6.86. The van der Waals surface area contributed by atoms with E-state index in [-0.39, 0.29) is 0 Å². The minimum atomic E-state index is 0.331. The van der Waals surface area contributed by atoms with Gasteiger partial charge in [-0.25, -0.2) is 0 Å². The van der Waals surface area contributed by atoms with Crippen molar-refractivity contribution in [2.24, 2.45) is 5.92 Å². The Kier molecular flexibility index (Phi) is 3.71. The van der Waals surface area contributed by atoms with Crippen molar-refractivity contribution in [2.45, 2.75) is 76.0 Å². The molecule has 1 saturated carbocycles. The first kappa shape index (κ1) is 13.7. The quantitative estimate of drug-likeness (QED) is 0.836. The number of aromatic nitrogens is 2. The highest BCUT2D eigenvalue weighted by Gasteiger charge is 2.43. The third-order valence-electron chi connectivity index (χ3n) is 5.16. The first-order chi connectivity index (χ1) is 10.3. The maximum Gasteiger partial charge on any atom is 0.228 e. The summed E-state index contributed by atoms with van der Waals surface area (Å²) in [5.41, 5.74) is 0. The van der Waals surface area contributed by atoms with Gasteiger partial charge in [0.1, 0.15) is 0 Å². The second-order valence-corrected chi connectivity index (χ2v) is 6.86. The highest BCUT2D eigenvalue weighted by molar-refractivity contribution is 5.07. The molecule has 0 spiro atoms. The Bertz CT molecular complexity index is 486. The monoisotopic (exact) mass is 291 g/mol. The van der Waals surface area contributed by atoms with E-state index in [1.165, 1.54) is 25.7 Å². The predicted molar refractivity (Wildman–Crippen MR) is 78.1 cm³/mol. The van der Waals surface area contributed by atoms with Crippen LogP contribution in [0.3, 0.4) is 0 Å². The fourth-order valence-electron chi connectivity index (χ4n) is 3.83.